The summed E-state index contributed by atoms with van der Waals surface area (Å²) in [4.78, 5) is 18.1. The Morgan fingerprint density at radius 3 is 2.82 bits per heavy atom. The topological polar surface area (TPSA) is 93.1 Å². The van der Waals surface area contributed by atoms with Crippen molar-refractivity contribution >= 4 is 27.5 Å². The Morgan fingerprint density at radius 1 is 1.16 bits per heavy atom. The van der Waals surface area contributed by atoms with E-state index in [1.165, 1.54) is 24.3 Å². The number of hydrogen-bond donors (Lipinski definition) is 1. The monoisotopic (exact) mass is 615 g/mol. The number of ether oxygens (including phenoxy) is 3. The van der Waals surface area contributed by atoms with Gasteiger partial charge >= 0.3 is 6.01 Å². The van der Waals surface area contributed by atoms with Gasteiger partial charge in [0.2, 0.25) is 5.88 Å². The normalized spacial score (nSPS) is 26.1. The highest BCUT2D eigenvalue weighted by molar-refractivity contribution is 6.04. The second-order valence-corrected chi connectivity index (χ2v) is 13.0. The van der Waals surface area contributed by atoms with Crippen molar-refractivity contribution < 1.29 is 32.5 Å². The van der Waals surface area contributed by atoms with E-state index in [1.54, 1.807) is 0 Å². The zero-order valence-corrected chi connectivity index (χ0v) is 24.2. The third kappa shape index (κ3) is 3.74. The van der Waals surface area contributed by atoms with Crippen molar-refractivity contribution in [1.82, 2.24) is 19.9 Å². The standard InChI is InChI=1S/C33H28F3N5O4/c1-2-20-22(35)5-4-17-8-19(42)9-21(24(17)20)27-26(36)28-25-29(41-13-32(14-43-15-32)23(41)12-44-30(25)37-27)39-31(38-28)45-16-33-6-3-7-40(33)11-18(34)10-33/h1,4-5,8-9,18,23,42H,3,6-7,10-16H2/t18-,23?,33?/m1/s1. The van der Waals surface area contributed by atoms with Crippen molar-refractivity contribution in [3.05, 3.63) is 41.5 Å². The van der Waals surface area contributed by atoms with Gasteiger partial charge in [-0.05, 0) is 43.0 Å². The molecule has 9 rings (SSSR count). The molecule has 4 fully saturated rings. The molecule has 3 atom stereocenters. The highest BCUT2D eigenvalue weighted by Crippen LogP contribution is 2.51. The molecule has 2 aromatic heterocycles. The van der Waals surface area contributed by atoms with E-state index in [0.29, 0.717) is 49.3 Å². The summed E-state index contributed by atoms with van der Waals surface area (Å²) in [6.45, 7) is 3.39. The number of halogens is 3. The number of nitrogens with zero attached hydrogens (tertiary/aromatic N) is 5. The average Bonchev–Trinajstić information content (AvgIpc) is 3.47. The number of aromatic nitrogens is 3. The summed E-state index contributed by atoms with van der Waals surface area (Å²) in [5.74, 6) is 1.26. The molecule has 230 valence electrons. The SMILES string of the molecule is C#Cc1c(F)ccc2cc(O)cc(-c3nc4c5c(nc(OCC67CCCN6C[C@H](F)C7)nc5c3F)N3CC5(COC5)C3CO4)c12. The van der Waals surface area contributed by atoms with E-state index in [0.717, 1.165) is 19.4 Å². The van der Waals surface area contributed by atoms with Crippen LogP contribution in [0.5, 0.6) is 17.6 Å². The van der Waals surface area contributed by atoms with Crippen molar-refractivity contribution in [2.45, 2.75) is 37.0 Å². The van der Waals surface area contributed by atoms with E-state index in [-0.39, 0.29) is 70.0 Å². The first kappa shape index (κ1) is 27.0. The molecule has 5 aliphatic heterocycles. The van der Waals surface area contributed by atoms with Gasteiger partial charge in [0, 0.05) is 30.5 Å². The Kier molecular flexibility index (Phi) is 5.61. The Hall–Kier alpha value is -4.34. The molecule has 2 unspecified atom stereocenters. The lowest BCUT2D eigenvalue weighted by atomic mass is 9.70. The van der Waals surface area contributed by atoms with Gasteiger partial charge in [0.05, 0.1) is 35.8 Å². The second-order valence-electron chi connectivity index (χ2n) is 13.0. The average molecular weight is 616 g/mol. The number of rotatable bonds is 4. The van der Waals surface area contributed by atoms with Gasteiger partial charge in [-0.15, -0.1) is 6.42 Å². The molecule has 7 heterocycles. The maximum atomic E-state index is 16.9. The van der Waals surface area contributed by atoms with Crippen molar-refractivity contribution in [1.29, 1.82) is 0 Å². The van der Waals surface area contributed by atoms with Gasteiger partial charge in [0.15, 0.2) is 5.82 Å². The zero-order chi connectivity index (χ0) is 30.7. The summed E-state index contributed by atoms with van der Waals surface area (Å²) >= 11 is 0. The molecule has 45 heavy (non-hydrogen) atoms. The summed E-state index contributed by atoms with van der Waals surface area (Å²) in [5.41, 5.74) is -0.847. The van der Waals surface area contributed by atoms with Crippen LogP contribution in [-0.2, 0) is 4.74 Å². The fourth-order valence-corrected chi connectivity index (χ4v) is 8.13. The number of fused-ring (bicyclic) bond motifs is 5. The van der Waals surface area contributed by atoms with Crippen LogP contribution in [0.2, 0.25) is 0 Å². The van der Waals surface area contributed by atoms with E-state index in [2.05, 4.69) is 25.7 Å². The molecular weight excluding hydrogens is 587 g/mol. The van der Waals surface area contributed by atoms with Crippen molar-refractivity contribution in [3.8, 4) is 41.2 Å². The lowest BCUT2D eigenvalue weighted by molar-refractivity contribution is -0.158. The fraction of sp³-hybridized carbons (Fsp3) is 0.424. The highest BCUT2D eigenvalue weighted by atomic mass is 19.1. The highest BCUT2D eigenvalue weighted by Gasteiger charge is 2.59. The molecule has 12 heteroatoms. The first-order valence-electron chi connectivity index (χ1n) is 15.1. The number of anilines is 1. The Balaban J connectivity index is 1.23. The van der Waals surface area contributed by atoms with E-state index < -0.39 is 23.3 Å². The lowest BCUT2D eigenvalue weighted by Gasteiger charge is -2.60. The van der Waals surface area contributed by atoms with E-state index >= 15 is 4.39 Å². The third-order valence-electron chi connectivity index (χ3n) is 10.4. The molecule has 0 saturated carbocycles. The smallest absolute Gasteiger partial charge is 0.319 e. The molecule has 0 aliphatic carbocycles. The minimum atomic E-state index is -0.931. The first-order chi connectivity index (χ1) is 21.8. The predicted octanol–water partition coefficient (Wildman–Crippen LogP) is 4.36. The number of alkyl halides is 1. The van der Waals surface area contributed by atoms with Crippen LogP contribution in [0.15, 0.2) is 24.3 Å². The maximum absolute atomic E-state index is 16.9. The zero-order valence-electron chi connectivity index (χ0n) is 24.2. The summed E-state index contributed by atoms with van der Waals surface area (Å²) in [7, 11) is 0. The third-order valence-corrected chi connectivity index (χ3v) is 10.4. The van der Waals surface area contributed by atoms with Crippen LogP contribution in [0.1, 0.15) is 24.8 Å². The number of terminal acetylenes is 1. The van der Waals surface area contributed by atoms with Gasteiger partial charge in [-0.1, -0.05) is 12.0 Å². The maximum Gasteiger partial charge on any atom is 0.319 e. The molecule has 0 amide bonds. The molecule has 1 spiro atoms. The van der Waals surface area contributed by atoms with E-state index in [9.17, 15) is 13.9 Å². The lowest BCUT2D eigenvalue weighted by Crippen LogP contribution is -2.74. The predicted molar refractivity (Wildman–Crippen MR) is 158 cm³/mol. The molecular formula is C33H28F3N5O4. The molecule has 9 nitrogen and oxygen atoms in total. The van der Waals surface area contributed by atoms with Gasteiger partial charge in [0.1, 0.15) is 53.4 Å². The molecule has 0 radical (unpaired) electrons. The van der Waals surface area contributed by atoms with Crippen LogP contribution >= 0.6 is 0 Å². The molecule has 4 aromatic rings. The molecule has 4 saturated heterocycles. The van der Waals surface area contributed by atoms with Gasteiger partial charge < -0.3 is 24.2 Å². The number of pyridine rings is 1. The van der Waals surface area contributed by atoms with E-state index in [1.807, 2.05) is 0 Å². The van der Waals surface area contributed by atoms with Crippen molar-refractivity contribution in [3.63, 3.8) is 0 Å². The number of phenols is 1. The Morgan fingerprint density at radius 2 is 2.02 bits per heavy atom. The minimum Gasteiger partial charge on any atom is -0.508 e. The van der Waals surface area contributed by atoms with Crippen LogP contribution in [-0.4, -0.2) is 88.8 Å². The number of phenolic OH excluding ortho intramolecular Hbond substituents is 1. The number of benzene rings is 2. The molecule has 2 aromatic carbocycles. The summed E-state index contributed by atoms with van der Waals surface area (Å²) in [6.07, 6.45) is 6.87. The Bertz CT molecular complexity index is 1980. The quantitative estimate of drug-likeness (QED) is 0.336. The Labute approximate surface area is 255 Å². The van der Waals surface area contributed by atoms with Gasteiger partial charge in [0.25, 0.3) is 0 Å². The fourth-order valence-electron chi connectivity index (χ4n) is 8.13. The van der Waals surface area contributed by atoms with Crippen molar-refractivity contribution in [2.24, 2.45) is 5.41 Å². The van der Waals surface area contributed by atoms with Crippen LogP contribution in [0.4, 0.5) is 19.0 Å². The first-order valence-corrected chi connectivity index (χ1v) is 15.1. The van der Waals surface area contributed by atoms with Gasteiger partial charge in [-0.2, -0.15) is 9.97 Å². The minimum absolute atomic E-state index is 0.0365. The largest absolute Gasteiger partial charge is 0.508 e. The van der Waals surface area contributed by atoms with Crippen LogP contribution in [0, 0.1) is 29.4 Å². The van der Waals surface area contributed by atoms with Gasteiger partial charge in [-0.3, -0.25) is 4.90 Å². The molecule has 5 aliphatic rings. The summed E-state index contributed by atoms with van der Waals surface area (Å²) in [5, 5.41) is 11.5. The molecule has 0 bridgehead atoms. The second kappa shape index (κ2) is 9.34. The number of aromatic hydroxyl groups is 1. The van der Waals surface area contributed by atoms with Crippen LogP contribution in [0.3, 0.4) is 0 Å². The van der Waals surface area contributed by atoms with E-state index in [4.69, 9.17) is 25.6 Å². The number of hydrogen-bond acceptors (Lipinski definition) is 9. The summed E-state index contributed by atoms with van der Waals surface area (Å²) < 4.78 is 64.2. The van der Waals surface area contributed by atoms with Gasteiger partial charge in [-0.25, -0.2) is 18.2 Å². The van der Waals surface area contributed by atoms with Crippen molar-refractivity contribution in [2.75, 3.05) is 51.0 Å². The van der Waals surface area contributed by atoms with Crippen LogP contribution in [0.25, 0.3) is 32.9 Å². The summed E-state index contributed by atoms with van der Waals surface area (Å²) in [6, 6.07) is 5.27. The molecule has 1 N–H and O–H groups in total. The van der Waals surface area contributed by atoms with Crippen LogP contribution < -0.4 is 14.4 Å².